The minimum Gasteiger partial charge on any atom is -0.368 e. The molecular weight excluding hydrogens is 334 g/mol. The second-order valence-corrected chi connectivity index (χ2v) is 8.72. The van der Waals surface area contributed by atoms with E-state index in [0.29, 0.717) is 12.5 Å². The van der Waals surface area contributed by atoms with Crippen molar-refractivity contribution in [3.8, 4) is 0 Å². The Kier molecular flexibility index (Phi) is 7.03. The van der Waals surface area contributed by atoms with Crippen molar-refractivity contribution in [2.24, 2.45) is 11.3 Å². The zero-order valence-corrected chi connectivity index (χ0v) is 16.4. The summed E-state index contributed by atoms with van der Waals surface area (Å²) in [6.45, 7) is 8.19. The van der Waals surface area contributed by atoms with Crippen molar-refractivity contribution in [1.82, 2.24) is 16.0 Å². The van der Waals surface area contributed by atoms with Crippen LogP contribution in [0.4, 0.5) is 0 Å². The van der Waals surface area contributed by atoms with Crippen LogP contribution in [0.2, 0.25) is 0 Å². The molecule has 3 N–H and O–H groups in total. The van der Waals surface area contributed by atoms with Gasteiger partial charge in [0.25, 0.3) is 0 Å². The molecule has 1 saturated heterocycles. The number of carbonyl (C=O) groups is 3. The monoisotopic (exact) mass is 367 g/mol. The molecule has 0 aromatic rings. The summed E-state index contributed by atoms with van der Waals surface area (Å²) in [5, 5.41) is 8.71. The quantitative estimate of drug-likeness (QED) is 0.678. The molecule has 3 amide bonds. The molecule has 1 saturated carbocycles. The molecule has 148 valence electrons. The molecule has 2 rings (SSSR count). The van der Waals surface area contributed by atoms with Crippen LogP contribution in [-0.2, 0) is 19.1 Å². The van der Waals surface area contributed by atoms with Gasteiger partial charge in [-0.2, -0.15) is 0 Å². The smallest absolute Gasteiger partial charge is 0.249 e. The van der Waals surface area contributed by atoms with E-state index in [9.17, 15) is 14.4 Å². The largest absolute Gasteiger partial charge is 0.368 e. The van der Waals surface area contributed by atoms with E-state index in [-0.39, 0.29) is 42.5 Å². The second-order valence-electron chi connectivity index (χ2n) is 8.72. The van der Waals surface area contributed by atoms with Crippen LogP contribution in [0.15, 0.2) is 0 Å². The average molecular weight is 367 g/mol. The summed E-state index contributed by atoms with van der Waals surface area (Å²) in [6, 6.07) is 0.251. The number of rotatable bonds is 5. The third-order valence-electron chi connectivity index (χ3n) is 5.02. The fraction of sp³-hybridized carbons (Fsp3) is 0.842. The van der Waals surface area contributed by atoms with E-state index < -0.39 is 5.41 Å². The molecule has 7 heteroatoms. The van der Waals surface area contributed by atoms with Gasteiger partial charge in [0.05, 0.1) is 13.2 Å². The topological polar surface area (TPSA) is 96.5 Å². The fourth-order valence-corrected chi connectivity index (χ4v) is 3.35. The average Bonchev–Trinajstić information content (AvgIpc) is 3.00. The summed E-state index contributed by atoms with van der Waals surface area (Å²) in [6.07, 6.45) is 3.81. The number of ether oxygens (including phenoxy) is 1. The van der Waals surface area contributed by atoms with E-state index in [4.69, 9.17) is 4.74 Å². The third kappa shape index (κ3) is 6.27. The molecule has 0 aromatic heterocycles. The Morgan fingerprint density at radius 2 is 1.58 bits per heavy atom. The summed E-state index contributed by atoms with van der Waals surface area (Å²) in [5.74, 6) is 0.133. The number of hydrogen-bond acceptors (Lipinski definition) is 4. The SMILES string of the molecule is CC1COC(C(=O)NC2CCC(NC(=O)CNC(=O)C(C)(C)C)CC2)C1. The molecule has 2 atom stereocenters. The van der Waals surface area contributed by atoms with Gasteiger partial charge in [0.15, 0.2) is 0 Å². The lowest BCUT2D eigenvalue weighted by molar-refractivity contribution is -0.131. The van der Waals surface area contributed by atoms with Crippen molar-refractivity contribution >= 4 is 17.7 Å². The number of nitrogens with one attached hydrogen (secondary N) is 3. The van der Waals surface area contributed by atoms with Crippen molar-refractivity contribution in [2.75, 3.05) is 13.2 Å². The Morgan fingerprint density at radius 3 is 2.08 bits per heavy atom. The van der Waals surface area contributed by atoms with E-state index in [2.05, 4.69) is 22.9 Å². The molecule has 1 aliphatic carbocycles. The molecule has 2 fully saturated rings. The van der Waals surface area contributed by atoms with Crippen LogP contribution in [0, 0.1) is 11.3 Å². The van der Waals surface area contributed by atoms with Crippen molar-refractivity contribution in [2.45, 2.75) is 78.0 Å². The summed E-state index contributed by atoms with van der Waals surface area (Å²) in [4.78, 5) is 36.0. The minimum atomic E-state index is -0.503. The normalized spacial score (nSPS) is 29.1. The van der Waals surface area contributed by atoms with Gasteiger partial charge in [0.2, 0.25) is 17.7 Å². The van der Waals surface area contributed by atoms with Gasteiger partial charge in [-0.15, -0.1) is 0 Å². The maximum atomic E-state index is 12.2. The van der Waals surface area contributed by atoms with Gasteiger partial charge >= 0.3 is 0 Å². The van der Waals surface area contributed by atoms with Gasteiger partial charge in [-0.05, 0) is 38.0 Å². The lowest BCUT2D eigenvalue weighted by Crippen LogP contribution is -2.48. The molecule has 7 nitrogen and oxygen atoms in total. The van der Waals surface area contributed by atoms with Gasteiger partial charge in [-0.1, -0.05) is 27.7 Å². The Balaban J connectivity index is 1.64. The summed E-state index contributed by atoms with van der Waals surface area (Å²) < 4.78 is 5.51. The highest BCUT2D eigenvalue weighted by atomic mass is 16.5. The lowest BCUT2D eigenvalue weighted by atomic mass is 9.91. The molecule has 1 heterocycles. The van der Waals surface area contributed by atoms with Gasteiger partial charge in [0, 0.05) is 17.5 Å². The number of amides is 3. The molecule has 2 unspecified atom stereocenters. The summed E-state index contributed by atoms with van der Waals surface area (Å²) >= 11 is 0. The van der Waals surface area contributed by atoms with Crippen LogP contribution in [0.1, 0.15) is 59.8 Å². The van der Waals surface area contributed by atoms with Gasteiger partial charge in [0.1, 0.15) is 6.10 Å². The predicted octanol–water partition coefficient (Wildman–Crippen LogP) is 1.12. The van der Waals surface area contributed by atoms with E-state index >= 15 is 0 Å². The first-order valence-corrected chi connectivity index (χ1v) is 9.64. The predicted molar refractivity (Wildman–Crippen MR) is 98.3 cm³/mol. The minimum absolute atomic E-state index is 0.00394. The first-order valence-electron chi connectivity index (χ1n) is 9.64. The first-order chi connectivity index (χ1) is 12.1. The standard InChI is InChI=1S/C19H33N3O4/c1-12-9-15(26-11-12)17(24)22-14-7-5-13(6-8-14)21-16(23)10-20-18(25)19(2,3)4/h12-15H,5-11H2,1-4H3,(H,20,25)(H,21,23)(H,22,24). The Bertz CT molecular complexity index is 521. The van der Waals surface area contributed by atoms with Crippen LogP contribution >= 0.6 is 0 Å². The van der Waals surface area contributed by atoms with Crippen molar-refractivity contribution in [3.63, 3.8) is 0 Å². The maximum absolute atomic E-state index is 12.2. The Labute approximate surface area is 156 Å². The van der Waals surface area contributed by atoms with Gasteiger partial charge in [-0.25, -0.2) is 0 Å². The van der Waals surface area contributed by atoms with Crippen LogP contribution in [0.25, 0.3) is 0 Å². The van der Waals surface area contributed by atoms with Gasteiger partial charge in [-0.3, -0.25) is 14.4 Å². The van der Waals surface area contributed by atoms with Crippen molar-refractivity contribution < 1.29 is 19.1 Å². The van der Waals surface area contributed by atoms with Crippen molar-refractivity contribution in [1.29, 1.82) is 0 Å². The maximum Gasteiger partial charge on any atom is 0.249 e. The van der Waals surface area contributed by atoms with E-state index in [0.717, 1.165) is 32.1 Å². The highest BCUT2D eigenvalue weighted by molar-refractivity contribution is 5.87. The third-order valence-corrected chi connectivity index (χ3v) is 5.02. The van der Waals surface area contributed by atoms with Gasteiger partial charge < -0.3 is 20.7 Å². The zero-order valence-electron chi connectivity index (χ0n) is 16.4. The Morgan fingerprint density at radius 1 is 1.00 bits per heavy atom. The van der Waals surface area contributed by atoms with Crippen LogP contribution in [0.3, 0.4) is 0 Å². The lowest BCUT2D eigenvalue weighted by Gasteiger charge is -2.30. The first kappa shape index (κ1) is 20.7. The molecule has 2 aliphatic rings. The highest BCUT2D eigenvalue weighted by Gasteiger charge is 2.31. The molecule has 0 bridgehead atoms. The molecular formula is C19H33N3O4. The van der Waals surface area contributed by atoms with Crippen LogP contribution < -0.4 is 16.0 Å². The molecule has 0 radical (unpaired) electrons. The second kappa shape index (κ2) is 8.84. The van der Waals surface area contributed by atoms with Crippen LogP contribution in [0.5, 0.6) is 0 Å². The van der Waals surface area contributed by atoms with E-state index in [1.54, 1.807) is 0 Å². The fourth-order valence-electron chi connectivity index (χ4n) is 3.35. The number of carbonyl (C=O) groups excluding carboxylic acids is 3. The zero-order chi connectivity index (χ0) is 19.3. The highest BCUT2D eigenvalue weighted by Crippen LogP contribution is 2.22. The molecule has 26 heavy (non-hydrogen) atoms. The van der Waals surface area contributed by atoms with E-state index in [1.807, 2.05) is 20.8 Å². The number of hydrogen-bond donors (Lipinski definition) is 3. The molecule has 0 spiro atoms. The summed E-state index contributed by atoms with van der Waals surface area (Å²) in [5.41, 5.74) is -0.503. The summed E-state index contributed by atoms with van der Waals surface area (Å²) in [7, 11) is 0. The van der Waals surface area contributed by atoms with Crippen molar-refractivity contribution in [3.05, 3.63) is 0 Å². The molecule has 0 aromatic carbocycles. The Hall–Kier alpha value is -1.63. The van der Waals surface area contributed by atoms with E-state index in [1.165, 1.54) is 0 Å². The van der Waals surface area contributed by atoms with Crippen LogP contribution in [-0.4, -0.2) is 49.1 Å². The molecule has 1 aliphatic heterocycles.